The van der Waals surface area contributed by atoms with Crippen LogP contribution in [-0.4, -0.2) is 21.6 Å². The maximum Gasteiger partial charge on any atom is 0.273 e. The summed E-state index contributed by atoms with van der Waals surface area (Å²) in [4.78, 5) is 26.5. The molecule has 1 aromatic carbocycles. The summed E-state index contributed by atoms with van der Waals surface area (Å²) in [6, 6.07) is 19.0. The fraction of sp³-hybridized carbons (Fsp3) is 0.100. The number of pyridine rings is 2. The second-order valence-electron chi connectivity index (χ2n) is 5.85. The summed E-state index contributed by atoms with van der Waals surface area (Å²) in [6.45, 7) is 0. The third-order valence-electron chi connectivity index (χ3n) is 3.94. The minimum Gasteiger partial charge on any atom is -0.387 e. The Balaban J connectivity index is 1.39. The Hall–Kier alpha value is -3.19. The highest BCUT2D eigenvalue weighted by atomic mass is 32.2. The quantitative estimate of drug-likeness (QED) is 0.726. The van der Waals surface area contributed by atoms with E-state index in [1.165, 1.54) is 11.8 Å². The molecule has 0 saturated heterocycles. The van der Waals surface area contributed by atoms with E-state index in [2.05, 4.69) is 20.4 Å². The number of hydrogen-bond donors (Lipinski definition) is 1. The molecule has 2 aromatic heterocycles. The number of hydrogen-bond acceptors (Lipinski definition) is 6. The fourth-order valence-corrected chi connectivity index (χ4v) is 3.39. The number of carbonyl (C=O) groups excluding carboxylic acids is 1. The number of nitrogens with zero attached hydrogens (tertiary/aromatic N) is 3. The van der Waals surface area contributed by atoms with E-state index >= 15 is 0 Å². The first-order valence-electron chi connectivity index (χ1n) is 8.42. The van der Waals surface area contributed by atoms with Gasteiger partial charge in [-0.15, -0.1) is 0 Å². The molecule has 0 radical (unpaired) electrons. The molecule has 0 saturated carbocycles. The van der Waals surface area contributed by atoms with E-state index in [-0.39, 0.29) is 12.0 Å². The molecule has 0 bridgehead atoms. The Morgan fingerprint density at radius 2 is 1.81 bits per heavy atom. The van der Waals surface area contributed by atoms with Crippen LogP contribution in [0.1, 0.15) is 18.1 Å². The van der Waals surface area contributed by atoms with Gasteiger partial charge in [0, 0.05) is 24.5 Å². The molecule has 0 fully saturated rings. The maximum absolute atomic E-state index is 12.5. The van der Waals surface area contributed by atoms with Crippen molar-refractivity contribution in [2.75, 3.05) is 5.32 Å². The average Bonchev–Trinajstić information content (AvgIpc) is 3.20. The molecule has 0 unspecified atom stereocenters. The van der Waals surface area contributed by atoms with Crippen molar-refractivity contribution in [3.8, 4) is 0 Å². The number of benzene rings is 1. The van der Waals surface area contributed by atoms with Gasteiger partial charge in [0.1, 0.15) is 15.8 Å². The van der Waals surface area contributed by atoms with Gasteiger partial charge in [-0.05, 0) is 29.8 Å². The van der Waals surface area contributed by atoms with Crippen molar-refractivity contribution in [2.45, 2.75) is 22.6 Å². The van der Waals surface area contributed by atoms with Gasteiger partial charge in [-0.1, -0.05) is 53.3 Å². The van der Waals surface area contributed by atoms with Crippen molar-refractivity contribution in [3.63, 3.8) is 0 Å². The molecule has 7 heteroatoms. The first kappa shape index (κ1) is 17.2. The van der Waals surface area contributed by atoms with E-state index in [4.69, 9.17) is 4.84 Å². The molecular formula is C20H16N4O2S. The van der Waals surface area contributed by atoms with Gasteiger partial charge < -0.3 is 10.2 Å². The van der Waals surface area contributed by atoms with Gasteiger partial charge in [-0.25, -0.2) is 9.97 Å². The third-order valence-corrected chi connectivity index (χ3v) is 4.82. The standard InChI is InChI=1S/C20H16N4O2S/c25-20(16-13-17(26-24-16)14-6-2-1-3-7-14)23-15-9-11-22-19(12-15)27-18-8-4-5-10-21-18/h1-12,17H,13H2,(H,22,23,25)/t17-/m0/s1. The molecule has 1 aliphatic rings. The van der Waals surface area contributed by atoms with Gasteiger partial charge in [0.15, 0.2) is 6.10 Å². The number of oxime groups is 1. The SMILES string of the molecule is O=C(Nc1ccnc(Sc2ccccn2)c1)C1=NO[C@H](c2ccccc2)C1. The van der Waals surface area contributed by atoms with Crippen LogP contribution < -0.4 is 5.32 Å². The van der Waals surface area contributed by atoms with Crippen LogP contribution in [0.2, 0.25) is 0 Å². The Bertz CT molecular complexity index is 964. The summed E-state index contributed by atoms with van der Waals surface area (Å²) in [5, 5.41) is 8.40. The van der Waals surface area contributed by atoms with Crippen molar-refractivity contribution in [3.05, 3.63) is 78.6 Å². The van der Waals surface area contributed by atoms with Crippen LogP contribution in [0.15, 0.2) is 88.3 Å². The van der Waals surface area contributed by atoms with Crippen molar-refractivity contribution >= 4 is 29.1 Å². The normalized spacial score (nSPS) is 15.7. The summed E-state index contributed by atoms with van der Waals surface area (Å²) < 4.78 is 0. The van der Waals surface area contributed by atoms with E-state index in [1.54, 1.807) is 18.5 Å². The molecule has 3 heterocycles. The maximum atomic E-state index is 12.5. The lowest BCUT2D eigenvalue weighted by atomic mass is 10.0. The molecule has 134 valence electrons. The van der Waals surface area contributed by atoms with Gasteiger partial charge in [-0.2, -0.15) is 0 Å². The van der Waals surface area contributed by atoms with E-state index in [9.17, 15) is 4.79 Å². The van der Waals surface area contributed by atoms with E-state index in [1.807, 2.05) is 54.6 Å². The Kier molecular flexibility index (Phi) is 5.11. The van der Waals surface area contributed by atoms with Crippen LogP contribution >= 0.6 is 11.8 Å². The number of carbonyl (C=O) groups is 1. The highest BCUT2D eigenvalue weighted by molar-refractivity contribution is 7.99. The first-order valence-corrected chi connectivity index (χ1v) is 9.23. The molecule has 4 rings (SSSR count). The van der Waals surface area contributed by atoms with Crippen LogP contribution in [0.3, 0.4) is 0 Å². The summed E-state index contributed by atoms with van der Waals surface area (Å²) in [6.07, 6.45) is 3.60. The summed E-state index contributed by atoms with van der Waals surface area (Å²) in [7, 11) is 0. The number of rotatable bonds is 5. The molecule has 1 aliphatic heterocycles. The minimum absolute atomic E-state index is 0.223. The number of anilines is 1. The Morgan fingerprint density at radius 3 is 2.63 bits per heavy atom. The van der Waals surface area contributed by atoms with Crippen LogP contribution in [0, 0.1) is 0 Å². The fourth-order valence-electron chi connectivity index (χ4n) is 2.62. The highest BCUT2D eigenvalue weighted by Gasteiger charge is 2.27. The lowest BCUT2D eigenvalue weighted by Gasteiger charge is -2.08. The number of nitrogens with one attached hydrogen (secondary N) is 1. The summed E-state index contributed by atoms with van der Waals surface area (Å²) in [5.74, 6) is -0.270. The first-order chi connectivity index (χ1) is 13.3. The zero-order valence-corrected chi connectivity index (χ0v) is 15.1. The van der Waals surface area contributed by atoms with Crippen molar-refractivity contribution in [1.29, 1.82) is 0 Å². The molecular weight excluding hydrogens is 360 g/mol. The lowest BCUT2D eigenvalue weighted by Crippen LogP contribution is -2.21. The summed E-state index contributed by atoms with van der Waals surface area (Å²) in [5.41, 5.74) is 2.03. The average molecular weight is 376 g/mol. The Labute approximate surface area is 160 Å². The third kappa shape index (κ3) is 4.32. The molecule has 0 spiro atoms. The van der Waals surface area contributed by atoms with Crippen LogP contribution in [0.25, 0.3) is 0 Å². The van der Waals surface area contributed by atoms with Gasteiger partial charge >= 0.3 is 0 Å². The molecule has 3 aromatic rings. The summed E-state index contributed by atoms with van der Waals surface area (Å²) >= 11 is 1.43. The van der Waals surface area contributed by atoms with E-state index in [0.29, 0.717) is 17.8 Å². The van der Waals surface area contributed by atoms with E-state index < -0.39 is 0 Å². The van der Waals surface area contributed by atoms with Crippen molar-refractivity contribution in [2.24, 2.45) is 5.16 Å². The molecule has 1 N–H and O–H groups in total. The molecule has 27 heavy (non-hydrogen) atoms. The topological polar surface area (TPSA) is 76.5 Å². The zero-order chi connectivity index (χ0) is 18.5. The molecule has 1 amide bonds. The van der Waals surface area contributed by atoms with Crippen molar-refractivity contribution < 1.29 is 9.63 Å². The second kappa shape index (κ2) is 8.01. The van der Waals surface area contributed by atoms with Gasteiger partial charge in [0.25, 0.3) is 5.91 Å². The smallest absolute Gasteiger partial charge is 0.273 e. The van der Waals surface area contributed by atoms with Gasteiger partial charge in [0.2, 0.25) is 0 Å². The number of aromatic nitrogens is 2. The molecule has 1 atom stereocenters. The number of amides is 1. The zero-order valence-electron chi connectivity index (χ0n) is 14.3. The molecule has 0 aliphatic carbocycles. The largest absolute Gasteiger partial charge is 0.387 e. The monoisotopic (exact) mass is 376 g/mol. The van der Waals surface area contributed by atoms with Gasteiger partial charge in [0.05, 0.1) is 0 Å². The van der Waals surface area contributed by atoms with Gasteiger partial charge in [-0.3, -0.25) is 4.79 Å². The Morgan fingerprint density at radius 1 is 1.00 bits per heavy atom. The van der Waals surface area contributed by atoms with E-state index in [0.717, 1.165) is 15.6 Å². The highest BCUT2D eigenvalue weighted by Crippen LogP contribution is 2.28. The second-order valence-corrected chi connectivity index (χ2v) is 6.89. The predicted octanol–water partition coefficient (Wildman–Crippen LogP) is 4.08. The van der Waals surface area contributed by atoms with Crippen LogP contribution in [-0.2, 0) is 9.63 Å². The lowest BCUT2D eigenvalue weighted by molar-refractivity contribution is -0.110. The minimum atomic E-state index is -0.270. The predicted molar refractivity (Wildman–Crippen MR) is 104 cm³/mol. The molecule has 6 nitrogen and oxygen atoms in total. The van der Waals surface area contributed by atoms with Crippen LogP contribution in [0.4, 0.5) is 5.69 Å². The van der Waals surface area contributed by atoms with Crippen LogP contribution in [0.5, 0.6) is 0 Å². The van der Waals surface area contributed by atoms with Crippen molar-refractivity contribution in [1.82, 2.24) is 9.97 Å².